The molecule has 0 aliphatic carbocycles. The topological polar surface area (TPSA) is 49.4 Å². The summed E-state index contributed by atoms with van der Waals surface area (Å²) in [4.78, 5) is 29.0. The maximum atomic E-state index is 13.7. The van der Waals surface area contributed by atoms with E-state index < -0.39 is 11.6 Å². The number of nitrogens with zero attached hydrogens (tertiary/aromatic N) is 1. The second-order valence-electron chi connectivity index (χ2n) is 10.2. The third-order valence-corrected chi connectivity index (χ3v) is 6.46. The van der Waals surface area contributed by atoms with Crippen molar-refractivity contribution in [3.8, 4) is 0 Å². The summed E-state index contributed by atoms with van der Waals surface area (Å²) in [7, 11) is 0. The van der Waals surface area contributed by atoms with Crippen molar-refractivity contribution in [3.05, 3.63) is 105 Å². The monoisotopic (exact) mass is 524 g/mol. The molecule has 3 aromatic carbocycles. The van der Waals surface area contributed by atoms with Crippen LogP contribution >= 0.6 is 23.2 Å². The number of nitrogens with one attached hydrogen (secondary N) is 1. The molecular formula is C30H34Cl2N2O2. The fourth-order valence-electron chi connectivity index (χ4n) is 3.99. The lowest BCUT2D eigenvalue weighted by Crippen LogP contribution is -2.54. The van der Waals surface area contributed by atoms with Crippen LogP contribution in [0.1, 0.15) is 49.4 Å². The molecule has 190 valence electrons. The zero-order chi connectivity index (χ0) is 26.3. The normalized spacial score (nSPS) is 12.2. The molecule has 0 fully saturated rings. The Balaban J connectivity index is 1.95. The van der Waals surface area contributed by atoms with E-state index in [0.29, 0.717) is 22.9 Å². The zero-order valence-corrected chi connectivity index (χ0v) is 22.9. The van der Waals surface area contributed by atoms with Gasteiger partial charge in [-0.2, -0.15) is 0 Å². The molecule has 0 saturated carbocycles. The minimum Gasteiger partial charge on any atom is -0.350 e. The van der Waals surface area contributed by atoms with E-state index in [1.165, 1.54) is 5.56 Å². The van der Waals surface area contributed by atoms with Crippen molar-refractivity contribution in [3.63, 3.8) is 0 Å². The smallest absolute Gasteiger partial charge is 0.243 e. The summed E-state index contributed by atoms with van der Waals surface area (Å²) in [5, 5.41) is 4.06. The van der Waals surface area contributed by atoms with Crippen LogP contribution in [0.25, 0.3) is 0 Å². The van der Waals surface area contributed by atoms with Crippen LogP contribution in [0.15, 0.2) is 72.8 Å². The van der Waals surface area contributed by atoms with Gasteiger partial charge in [0, 0.05) is 35.0 Å². The molecule has 0 aliphatic rings. The predicted molar refractivity (Wildman–Crippen MR) is 148 cm³/mol. The molecule has 0 aliphatic heterocycles. The summed E-state index contributed by atoms with van der Waals surface area (Å²) < 4.78 is 0. The second kappa shape index (κ2) is 12.4. The van der Waals surface area contributed by atoms with Gasteiger partial charge in [-0.25, -0.2) is 0 Å². The predicted octanol–water partition coefficient (Wildman–Crippen LogP) is 6.79. The van der Waals surface area contributed by atoms with Crippen molar-refractivity contribution < 1.29 is 9.59 Å². The highest BCUT2D eigenvalue weighted by molar-refractivity contribution is 6.35. The lowest BCUT2D eigenvalue weighted by Gasteiger charge is -2.34. The number of rotatable bonds is 9. The van der Waals surface area contributed by atoms with Crippen molar-refractivity contribution in [1.29, 1.82) is 0 Å². The number of carbonyl (C=O) groups is 2. The van der Waals surface area contributed by atoms with Crippen molar-refractivity contribution in [2.45, 2.75) is 65.1 Å². The fraction of sp³-hybridized carbons (Fsp3) is 0.333. The second-order valence-corrected chi connectivity index (χ2v) is 11.0. The molecule has 1 N–H and O–H groups in total. The van der Waals surface area contributed by atoms with Crippen LogP contribution < -0.4 is 5.32 Å². The summed E-state index contributed by atoms with van der Waals surface area (Å²) in [6.45, 7) is 8.05. The first-order valence-corrected chi connectivity index (χ1v) is 12.9. The Hall–Kier alpha value is -2.82. The molecular weight excluding hydrogens is 491 g/mol. The third kappa shape index (κ3) is 8.39. The maximum Gasteiger partial charge on any atom is 0.243 e. The molecule has 6 heteroatoms. The van der Waals surface area contributed by atoms with Crippen LogP contribution in [0.4, 0.5) is 0 Å². The number of amides is 2. The molecule has 0 radical (unpaired) electrons. The molecule has 4 nitrogen and oxygen atoms in total. The fourth-order valence-corrected chi connectivity index (χ4v) is 4.46. The molecule has 2 amide bonds. The zero-order valence-electron chi connectivity index (χ0n) is 21.4. The number of aryl methyl sites for hydroxylation is 2. The van der Waals surface area contributed by atoms with Crippen molar-refractivity contribution >= 4 is 35.0 Å². The lowest BCUT2D eigenvalue weighted by molar-refractivity contribution is -0.141. The first-order valence-electron chi connectivity index (χ1n) is 12.2. The molecule has 0 spiro atoms. The molecule has 0 aromatic heterocycles. The van der Waals surface area contributed by atoms with Gasteiger partial charge in [0.05, 0.1) is 0 Å². The molecule has 3 aromatic rings. The summed E-state index contributed by atoms with van der Waals surface area (Å²) in [5.41, 5.74) is 3.53. The van der Waals surface area contributed by atoms with E-state index in [4.69, 9.17) is 23.2 Å². The van der Waals surface area contributed by atoms with E-state index in [1.54, 1.807) is 17.0 Å². The Labute approximate surface area is 224 Å². The first-order chi connectivity index (χ1) is 17.0. The van der Waals surface area contributed by atoms with Crippen LogP contribution in [0.3, 0.4) is 0 Å². The Bertz CT molecular complexity index is 1170. The summed E-state index contributed by atoms with van der Waals surface area (Å²) in [5.74, 6) is -0.299. The number of carbonyl (C=O) groups excluding carboxylic acids is 2. The molecule has 36 heavy (non-hydrogen) atoms. The minimum atomic E-state index is -0.705. The molecule has 0 saturated heterocycles. The molecule has 3 rings (SSSR count). The SMILES string of the molecule is Cc1ccc(CCC(=O)N(Cc2ccc(Cl)cc2Cl)[C@@H](Cc2ccccc2)C(=O)NC(C)(C)C)cc1. The van der Waals surface area contributed by atoms with Crippen LogP contribution in [-0.2, 0) is 29.0 Å². The van der Waals surface area contributed by atoms with E-state index in [0.717, 1.165) is 16.7 Å². The average molecular weight is 526 g/mol. The molecule has 0 heterocycles. The van der Waals surface area contributed by atoms with Gasteiger partial charge in [0.2, 0.25) is 11.8 Å². The van der Waals surface area contributed by atoms with Gasteiger partial charge in [0.25, 0.3) is 0 Å². The number of hydrogen-bond acceptors (Lipinski definition) is 2. The van der Waals surface area contributed by atoms with Gasteiger partial charge in [0.1, 0.15) is 6.04 Å². The Morgan fingerprint density at radius 2 is 1.58 bits per heavy atom. The Morgan fingerprint density at radius 1 is 0.917 bits per heavy atom. The van der Waals surface area contributed by atoms with Gasteiger partial charge in [0.15, 0.2) is 0 Å². The lowest BCUT2D eigenvalue weighted by atomic mass is 9.99. The van der Waals surface area contributed by atoms with E-state index in [2.05, 4.69) is 5.32 Å². The van der Waals surface area contributed by atoms with E-state index in [9.17, 15) is 9.59 Å². The first kappa shape index (κ1) is 27.8. The van der Waals surface area contributed by atoms with Crippen LogP contribution in [0.2, 0.25) is 10.0 Å². The van der Waals surface area contributed by atoms with Crippen LogP contribution in [0, 0.1) is 6.92 Å². The average Bonchev–Trinajstić information content (AvgIpc) is 2.81. The molecule has 1 atom stereocenters. The Morgan fingerprint density at radius 3 is 2.19 bits per heavy atom. The minimum absolute atomic E-state index is 0.105. The van der Waals surface area contributed by atoms with Crippen LogP contribution in [0.5, 0.6) is 0 Å². The van der Waals surface area contributed by atoms with Crippen molar-refractivity contribution in [1.82, 2.24) is 10.2 Å². The standard InChI is InChI=1S/C30H34Cl2N2O2/c1-21-10-12-22(13-11-21)14-17-28(35)34(20-24-15-16-25(31)19-26(24)32)27(29(36)33-30(2,3)4)18-23-8-6-5-7-9-23/h5-13,15-16,19,27H,14,17-18,20H2,1-4H3,(H,33,36)/t27-/m0/s1. The number of benzene rings is 3. The van der Waals surface area contributed by atoms with E-state index in [-0.39, 0.29) is 24.8 Å². The van der Waals surface area contributed by atoms with Crippen molar-refractivity contribution in [2.75, 3.05) is 0 Å². The van der Waals surface area contributed by atoms with Crippen LogP contribution in [-0.4, -0.2) is 28.3 Å². The highest BCUT2D eigenvalue weighted by Gasteiger charge is 2.32. The number of halogens is 2. The quantitative estimate of drug-likeness (QED) is 0.335. The highest BCUT2D eigenvalue weighted by Crippen LogP contribution is 2.25. The summed E-state index contributed by atoms with van der Waals surface area (Å²) >= 11 is 12.6. The van der Waals surface area contributed by atoms with Gasteiger partial charge < -0.3 is 10.2 Å². The third-order valence-electron chi connectivity index (χ3n) is 5.87. The van der Waals surface area contributed by atoms with Gasteiger partial charge in [-0.1, -0.05) is 89.4 Å². The van der Waals surface area contributed by atoms with Gasteiger partial charge in [-0.3, -0.25) is 9.59 Å². The highest BCUT2D eigenvalue weighted by atomic mass is 35.5. The molecule has 0 unspecified atom stereocenters. The van der Waals surface area contributed by atoms with E-state index in [1.807, 2.05) is 88.4 Å². The van der Waals surface area contributed by atoms with Gasteiger partial charge in [-0.05, 0) is 62.9 Å². The van der Waals surface area contributed by atoms with E-state index >= 15 is 0 Å². The summed E-state index contributed by atoms with van der Waals surface area (Å²) in [6, 6.07) is 22.4. The molecule has 0 bridgehead atoms. The number of hydrogen-bond donors (Lipinski definition) is 1. The van der Waals surface area contributed by atoms with Gasteiger partial charge >= 0.3 is 0 Å². The summed E-state index contributed by atoms with van der Waals surface area (Å²) in [6.07, 6.45) is 1.26. The Kier molecular flexibility index (Phi) is 9.58. The van der Waals surface area contributed by atoms with Gasteiger partial charge in [-0.15, -0.1) is 0 Å². The van der Waals surface area contributed by atoms with Crippen molar-refractivity contribution in [2.24, 2.45) is 0 Å². The largest absolute Gasteiger partial charge is 0.350 e. The maximum absolute atomic E-state index is 13.7.